The van der Waals surface area contributed by atoms with Crippen LogP contribution in [0.2, 0.25) is 4.47 Å². The summed E-state index contributed by atoms with van der Waals surface area (Å²) in [4.78, 5) is 15.6. The van der Waals surface area contributed by atoms with E-state index in [2.05, 4.69) is 9.72 Å². The van der Waals surface area contributed by atoms with Gasteiger partial charge in [0.25, 0.3) is 0 Å². The van der Waals surface area contributed by atoms with Gasteiger partial charge in [0.05, 0.1) is 0 Å². The highest BCUT2D eigenvalue weighted by Gasteiger charge is 2.15. The molecule has 4 nitrogen and oxygen atoms in total. The number of nitrogens with zero attached hydrogens (tertiary/aromatic N) is 2. The van der Waals surface area contributed by atoms with Crippen LogP contribution in [0.15, 0.2) is 0 Å². The number of aromatic nitrogens is 1. The molecule has 0 aromatic carbocycles. The fraction of sp³-hybridized carbons (Fsp3) is 0.286. The lowest BCUT2D eigenvalue weighted by Crippen LogP contribution is -2.06. The fourth-order valence-electron chi connectivity index (χ4n) is 0.720. The van der Waals surface area contributed by atoms with Crippen LogP contribution in [-0.4, -0.2) is 17.6 Å². The largest absolute Gasteiger partial charge is 0.446 e. The van der Waals surface area contributed by atoms with Gasteiger partial charge in [-0.15, -0.1) is 11.3 Å². The molecule has 0 aliphatic rings. The molecule has 0 saturated carbocycles. The monoisotopic (exact) mass is 216 g/mol. The van der Waals surface area contributed by atoms with Crippen molar-refractivity contribution in [3.05, 3.63) is 15.0 Å². The first kappa shape index (κ1) is 9.96. The van der Waals surface area contributed by atoms with Crippen LogP contribution in [0.5, 0.6) is 0 Å². The lowest BCUT2D eigenvalue weighted by molar-refractivity contribution is 0.0548. The molecular weight excluding hydrogens is 212 g/mol. The molecule has 68 valence electrons. The molecule has 6 heteroatoms. The van der Waals surface area contributed by atoms with Gasteiger partial charge in [-0.1, -0.05) is 11.6 Å². The van der Waals surface area contributed by atoms with E-state index in [0.29, 0.717) is 9.34 Å². The van der Waals surface area contributed by atoms with Crippen LogP contribution >= 0.6 is 22.9 Å². The molecular formula is C7H5ClN2O2S. The smallest absolute Gasteiger partial charge is 0.359 e. The van der Waals surface area contributed by atoms with Gasteiger partial charge in [-0.25, -0.2) is 9.78 Å². The summed E-state index contributed by atoms with van der Waals surface area (Å²) in [6.07, 6.45) is 0. The van der Waals surface area contributed by atoms with Crippen LogP contribution < -0.4 is 0 Å². The van der Waals surface area contributed by atoms with E-state index in [1.807, 2.05) is 0 Å². The van der Waals surface area contributed by atoms with Crippen LogP contribution in [0.1, 0.15) is 15.4 Å². The minimum absolute atomic E-state index is 0.185. The Hall–Kier alpha value is -1.12. The Labute approximate surface area is 83.7 Å². The molecule has 1 heterocycles. The molecule has 0 radical (unpaired) electrons. The second kappa shape index (κ2) is 4.21. The van der Waals surface area contributed by atoms with E-state index in [-0.39, 0.29) is 12.3 Å². The van der Waals surface area contributed by atoms with E-state index >= 15 is 0 Å². The zero-order valence-corrected chi connectivity index (χ0v) is 8.28. The number of carbonyl (C=O) groups excluding carboxylic acids is 1. The van der Waals surface area contributed by atoms with E-state index in [1.54, 1.807) is 13.0 Å². The molecule has 1 aromatic heterocycles. The summed E-state index contributed by atoms with van der Waals surface area (Å²) in [6, 6.07) is 1.69. The Morgan fingerprint density at radius 1 is 1.85 bits per heavy atom. The van der Waals surface area contributed by atoms with Crippen molar-refractivity contribution in [2.45, 2.75) is 6.92 Å². The van der Waals surface area contributed by atoms with Gasteiger partial charge in [-0.05, 0) is 6.92 Å². The van der Waals surface area contributed by atoms with E-state index in [9.17, 15) is 4.79 Å². The highest BCUT2D eigenvalue weighted by Crippen LogP contribution is 2.21. The topological polar surface area (TPSA) is 63.0 Å². The highest BCUT2D eigenvalue weighted by atomic mass is 35.5. The van der Waals surface area contributed by atoms with Crippen molar-refractivity contribution >= 4 is 28.9 Å². The van der Waals surface area contributed by atoms with E-state index < -0.39 is 5.97 Å². The van der Waals surface area contributed by atoms with Crippen molar-refractivity contribution in [1.82, 2.24) is 4.98 Å². The maximum atomic E-state index is 11.1. The summed E-state index contributed by atoms with van der Waals surface area (Å²) >= 11 is 6.78. The normalized spacial score (nSPS) is 9.31. The molecule has 1 aromatic rings. The standard InChI is InChI=1S/C7H5ClN2O2S/c1-4-5(10-7(8)13-4)6(11)12-3-2-9/h3H2,1H3. The quantitative estimate of drug-likeness (QED) is 0.707. The zero-order valence-electron chi connectivity index (χ0n) is 6.70. The molecule has 0 unspecified atom stereocenters. The van der Waals surface area contributed by atoms with Gasteiger partial charge in [-0.2, -0.15) is 5.26 Å². The number of thiazole rings is 1. The number of ether oxygens (including phenoxy) is 1. The first-order valence-corrected chi connectivity index (χ1v) is 4.51. The lowest BCUT2D eigenvalue weighted by Gasteiger charge is -1.96. The summed E-state index contributed by atoms with van der Waals surface area (Å²) in [6.45, 7) is 1.44. The second-order valence-corrected chi connectivity index (χ2v) is 3.89. The number of halogens is 1. The average Bonchev–Trinajstić information content (AvgIpc) is 2.41. The van der Waals surface area contributed by atoms with Crippen molar-refractivity contribution < 1.29 is 9.53 Å². The third-order valence-electron chi connectivity index (χ3n) is 1.23. The van der Waals surface area contributed by atoms with Gasteiger partial charge in [0.2, 0.25) is 0 Å². The zero-order chi connectivity index (χ0) is 9.84. The Kier molecular flexibility index (Phi) is 3.23. The summed E-state index contributed by atoms with van der Waals surface area (Å²) in [7, 11) is 0. The first-order chi connectivity index (χ1) is 6.15. The number of aryl methyl sites for hydroxylation is 1. The number of hydrogen-bond donors (Lipinski definition) is 0. The molecule has 1 rings (SSSR count). The summed E-state index contributed by atoms with van der Waals surface area (Å²) in [5.74, 6) is -0.609. The summed E-state index contributed by atoms with van der Waals surface area (Å²) in [5.41, 5.74) is 0.185. The highest BCUT2D eigenvalue weighted by molar-refractivity contribution is 7.15. The Morgan fingerprint density at radius 3 is 3.00 bits per heavy atom. The predicted molar refractivity (Wildman–Crippen MR) is 47.8 cm³/mol. The van der Waals surface area contributed by atoms with Crippen LogP contribution in [0.4, 0.5) is 0 Å². The Morgan fingerprint density at radius 2 is 2.54 bits per heavy atom. The van der Waals surface area contributed by atoms with Crippen molar-refractivity contribution in [3.8, 4) is 6.07 Å². The molecule has 0 aliphatic carbocycles. The van der Waals surface area contributed by atoms with Gasteiger partial charge in [0, 0.05) is 4.88 Å². The van der Waals surface area contributed by atoms with Crippen LogP contribution in [-0.2, 0) is 4.74 Å². The van der Waals surface area contributed by atoms with E-state index in [0.717, 1.165) is 0 Å². The first-order valence-electron chi connectivity index (χ1n) is 3.32. The molecule has 0 saturated heterocycles. The minimum atomic E-state index is -0.609. The van der Waals surface area contributed by atoms with Gasteiger partial charge >= 0.3 is 5.97 Å². The lowest BCUT2D eigenvalue weighted by atomic mass is 10.4. The molecule has 0 bridgehead atoms. The third-order valence-corrected chi connectivity index (χ3v) is 2.31. The Bertz CT molecular complexity index is 369. The van der Waals surface area contributed by atoms with E-state index in [4.69, 9.17) is 16.9 Å². The van der Waals surface area contributed by atoms with Crippen molar-refractivity contribution in [3.63, 3.8) is 0 Å². The molecule has 0 atom stereocenters. The van der Waals surface area contributed by atoms with Crippen LogP contribution in [0.3, 0.4) is 0 Å². The summed E-state index contributed by atoms with van der Waals surface area (Å²) in [5, 5.41) is 8.17. The predicted octanol–water partition coefficient (Wildman–Crippen LogP) is 1.79. The fourth-order valence-corrected chi connectivity index (χ4v) is 1.77. The van der Waals surface area contributed by atoms with Crippen LogP contribution in [0.25, 0.3) is 0 Å². The van der Waals surface area contributed by atoms with Gasteiger partial charge < -0.3 is 4.74 Å². The van der Waals surface area contributed by atoms with Crippen molar-refractivity contribution in [2.24, 2.45) is 0 Å². The SMILES string of the molecule is Cc1sc(Cl)nc1C(=O)OCC#N. The molecule has 0 amide bonds. The Balaban J connectivity index is 2.78. The second-order valence-electron chi connectivity index (χ2n) is 2.11. The molecule has 13 heavy (non-hydrogen) atoms. The van der Waals surface area contributed by atoms with Gasteiger partial charge in [-0.3, -0.25) is 0 Å². The third kappa shape index (κ3) is 2.41. The summed E-state index contributed by atoms with van der Waals surface area (Å²) < 4.78 is 4.85. The average molecular weight is 217 g/mol. The number of hydrogen-bond acceptors (Lipinski definition) is 5. The van der Waals surface area contributed by atoms with Gasteiger partial charge in [0.15, 0.2) is 16.8 Å². The minimum Gasteiger partial charge on any atom is -0.446 e. The van der Waals surface area contributed by atoms with Crippen molar-refractivity contribution in [2.75, 3.05) is 6.61 Å². The molecule has 0 spiro atoms. The number of carbonyl (C=O) groups is 1. The number of nitriles is 1. The number of rotatable bonds is 2. The maximum Gasteiger partial charge on any atom is 0.359 e. The van der Waals surface area contributed by atoms with Crippen molar-refractivity contribution in [1.29, 1.82) is 5.26 Å². The van der Waals surface area contributed by atoms with Crippen LogP contribution in [0, 0.1) is 18.3 Å². The van der Waals surface area contributed by atoms with E-state index in [1.165, 1.54) is 11.3 Å². The molecule has 0 aliphatic heterocycles. The molecule has 0 fully saturated rings. The van der Waals surface area contributed by atoms with Gasteiger partial charge in [0.1, 0.15) is 6.07 Å². The maximum absolute atomic E-state index is 11.1. The molecule has 0 N–H and O–H groups in total. The number of esters is 1.